The van der Waals surface area contributed by atoms with Crippen LogP contribution >= 0.6 is 0 Å². The van der Waals surface area contributed by atoms with Gasteiger partial charge in [-0.05, 0) is 100 Å². The lowest BCUT2D eigenvalue weighted by atomic mass is 10.0. The molecule has 1 amide bonds. The Hall–Kier alpha value is -3.71. The molecular formula is C35H48N4O7S. The smallest absolute Gasteiger partial charge is 0.261 e. The lowest BCUT2D eigenvalue weighted by molar-refractivity contribution is -0.0177. The molecule has 2 N–H and O–H groups in total. The van der Waals surface area contributed by atoms with E-state index in [1.54, 1.807) is 48.5 Å². The Morgan fingerprint density at radius 2 is 1.83 bits per heavy atom. The number of aromatic nitrogens is 1. The van der Waals surface area contributed by atoms with E-state index in [1.165, 1.54) is 25.3 Å². The number of nitrogens with one attached hydrogen (secondary N) is 1. The van der Waals surface area contributed by atoms with Gasteiger partial charge in [0.15, 0.2) is 0 Å². The highest BCUT2D eigenvalue weighted by molar-refractivity contribution is 7.92. The minimum absolute atomic E-state index is 0.0545. The van der Waals surface area contributed by atoms with Crippen molar-refractivity contribution in [3.8, 4) is 11.5 Å². The summed E-state index contributed by atoms with van der Waals surface area (Å²) < 4.78 is 47.0. The number of methoxy groups -OCH3 is 1. The van der Waals surface area contributed by atoms with E-state index in [4.69, 9.17) is 14.2 Å². The molecular weight excluding hydrogens is 620 g/mol. The van der Waals surface area contributed by atoms with Gasteiger partial charge in [0.1, 0.15) is 11.5 Å². The molecule has 2 heterocycles. The van der Waals surface area contributed by atoms with Crippen molar-refractivity contribution in [2.24, 2.45) is 5.92 Å². The lowest BCUT2D eigenvalue weighted by Gasteiger charge is -2.36. The fourth-order valence-electron chi connectivity index (χ4n) is 5.59. The first kappa shape index (κ1) is 36.1. The molecule has 0 fully saturated rings. The third-order valence-electron chi connectivity index (χ3n) is 8.37. The van der Waals surface area contributed by atoms with Gasteiger partial charge in [0.2, 0.25) is 0 Å². The van der Waals surface area contributed by atoms with E-state index in [9.17, 15) is 18.3 Å². The number of amides is 1. The number of sulfonamides is 1. The molecule has 0 saturated heterocycles. The average Bonchev–Trinajstić information content (AvgIpc) is 3.06. The van der Waals surface area contributed by atoms with Gasteiger partial charge in [-0.25, -0.2) is 8.42 Å². The van der Waals surface area contributed by atoms with Crippen LogP contribution in [0.5, 0.6) is 11.5 Å². The molecule has 1 aliphatic rings. The van der Waals surface area contributed by atoms with Gasteiger partial charge in [-0.15, -0.1) is 0 Å². The highest BCUT2D eigenvalue weighted by Gasteiger charge is 2.30. The molecule has 4 atom stereocenters. The second-order valence-electron chi connectivity index (χ2n) is 12.3. The molecule has 0 saturated carbocycles. The Morgan fingerprint density at radius 3 is 2.51 bits per heavy atom. The molecule has 0 unspecified atom stereocenters. The topological polar surface area (TPSA) is 131 Å². The Bertz CT molecular complexity index is 1540. The van der Waals surface area contributed by atoms with Crippen molar-refractivity contribution < 1.29 is 32.5 Å². The molecule has 47 heavy (non-hydrogen) atoms. The number of carbonyl (C=O) groups is 1. The molecule has 0 aliphatic carbocycles. The lowest BCUT2D eigenvalue weighted by Crippen LogP contribution is -2.47. The summed E-state index contributed by atoms with van der Waals surface area (Å²) in [5.41, 5.74) is 1.57. The maximum Gasteiger partial charge on any atom is 0.261 e. The summed E-state index contributed by atoms with van der Waals surface area (Å²) in [6.45, 7) is 7.82. The first-order chi connectivity index (χ1) is 22.5. The highest BCUT2D eigenvalue weighted by Crippen LogP contribution is 2.30. The Morgan fingerprint density at radius 1 is 1.11 bits per heavy atom. The molecule has 11 nitrogen and oxygen atoms in total. The number of carbonyl (C=O) groups excluding carboxylic acids is 1. The maximum atomic E-state index is 14.4. The van der Waals surface area contributed by atoms with Crippen LogP contribution in [0, 0.1) is 5.92 Å². The number of nitrogens with zero attached hydrogens (tertiary/aromatic N) is 3. The first-order valence-corrected chi connectivity index (χ1v) is 17.6. The van der Waals surface area contributed by atoms with Gasteiger partial charge in [-0.2, -0.15) is 0 Å². The number of pyridine rings is 1. The zero-order valence-electron chi connectivity index (χ0n) is 28.0. The third-order valence-corrected chi connectivity index (χ3v) is 9.76. The molecule has 1 aliphatic heterocycles. The van der Waals surface area contributed by atoms with Gasteiger partial charge in [-0.1, -0.05) is 6.92 Å². The van der Waals surface area contributed by atoms with Crippen LogP contribution in [-0.4, -0.2) is 92.9 Å². The fraction of sp³-hybridized carbons (Fsp3) is 0.486. The molecule has 0 spiro atoms. The summed E-state index contributed by atoms with van der Waals surface area (Å²) in [6, 6.07) is 14.2. The number of hydrogen-bond acceptors (Lipinski definition) is 9. The summed E-state index contributed by atoms with van der Waals surface area (Å²) in [4.78, 5) is 22.4. The molecule has 0 bridgehead atoms. The molecule has 3 aromatic rings. The summed E-state index contributed by atoms with van der Waals surface area (Å²) in [6.07, 6.45) is 5.68. The Balaban J connectivity index is 1.64. The molecule has 1 aromatic heterocycles. The normalized spacial score (nSPS) is 20.5. The molecule has 256 valence electrons. The number of benzene rings is 2. The van der Waals surface area contributed by atoms with Crippen LogP contribution < -0.4 is 14.2 Å². The van der Waals surface area contributed by atoms with Crippen molar-refractivity contribution in [2.75, 3.05) is 45.2 Å². The summed E-state index contributed by atoms with van der Waals surface area (Å²) in [5, 5.41) is 10.2. The van der Waals surface area contributed by atoms with Crippen LogP contribution in [0.4, 0.5) is 5.69 Å². The fourth-order valence-corrected chi connectivity index (χ4v) is 6.64. The SMILES string of the molecule is COc1ccc(S(=O)(=O)Nc2ccc3c(c2)C(=O)N([C@@H](C)CO)C[C@@H](C)[C@@H](CN(C)Cc2ccncc2)OCCCC[C@@H](C)O3)cc1. The van der Waals surface area contributed by atoms with Gasteiger partial charge in [-0.3, -0.25) is 19.4 Å². The molecule has 12 heteroatoms. The summed E-state index contributed by atoms with van der Waals surface area (Å²) >= 11 is 0. The van der Waals surface area contributed by atoms with E-state index in [1.807, 2.05) is 26.1 Å². The summed E-state index contributed by atoms with van der Waals surface area (Å²) in [7, 11) is -0.408. The van der Waals surface area contributed by atoms with Crippen molar-refractivity contribution in [1.29, 1.82) is 0 Å². The number of aliphatic hydroxyl groups excluding tert-OH is 1. The van der Waals surface area contributed by atoms with E-state index in [0.717, 1.165) is 31.4 Å². The summed E-state index contributed by atoms with van der Waals surface area (Å²) in [5.74, 6) is 0.440. The van der Waals surface area contributed by atoms with Crippen LogP contribution in [0.1, 0.15) is 56.0 Å². The van der Waals surface area contributed by atoms with Crippen molar-refractivity contribution in [1.82, 2.24) is 14.8 Å². The second kappa shape index (κ2) is 16.9. The van der Waals surface area contributed by atoms with Gasteiger partial charge in [0, 0.05) is 50.2 Å². The zero-order chi connectivity index (χ0) is 34.0. The van der Waals surface area contributed by atoms with E-state index in [-0.39, 0.29) is 46.8 Å². The first-order valence-electron chi connectivity index (χ1n) is 16.1. The number of fused-ring (bicyclic) bond motifs is 1. The maximum absolute atomic E-state index is 14.4. The van der Waals surface area contributed by atoms with Gasteiger partial charge < -0.3 is 24.2 Å². The third kappa shape index (κ3) is 10.1. The van der Waals surface area contributed by atoms with Crippen LogP contribution in [0.25, 0.3) is 0 Å². The Kier molecular flexibility index (Phi) is 13.0. The van der Waals surface area contributed by atoms with E-state index in [2.05, 4.69) is 21.5 Å². The van der Waals surface area contributed by atoms with E-state index >= 15 is 0 Å². The standard InChI is InChI=1S/C35H48N4O7S/c1-25-21-39(26(2)24-40)35(41)32-20-29(37-47(42,43)31-12-10-30(44-5)11-13-31)9-14-33(32)46-27(3)8-6-7-19-45-34(25)23-38(4)22-28-15-17-36-18-16-28/h9-18,20,25-27,34,37,40H,6-8,19,21-24H2,1-5H3/t25-,26+,27-,34-/m1/s1. The molecule has 4 rings (SSSR count). The van der Waals surface area contributed by atoms with Crippen molar-refractivity contribution >= 4 is 21.6 Å². The minimum atomic E-state index is -3.96. The van der Waals surface area contributed by atoms with Crippen LogP contribution in [0.2, 0.25) is 0 Å². The quantitative estimate of drug-likeness (QED) is 0.312. The van der Waals surface area contributed by atoms with Crippen molar-refractivity contribution in [3.63, 3.8) is 0 Å². The van der Waals surface area contributed by atoms with Gasteiger partial charge in [0.05, 0.1) is 42.4 Å². The van der Waals surface area contributed by atoms with Gasteiger partial charge >= 0.3 is 0 Å². The highest BCUT2D eigenvalue weighted by atomic mass is 32.2. The van der Waals surface area contributed by atoms with Crippen LogP contribution in [0.15, 0.2) is 71.9 Å². The predicted octanol–water partition coefficient (Wildman–Crippen LogP) is 4.82. The average molecular weight is 669 g/mol. The van der Waals surface area contributed by atoms with E-state index in [0.29, 0.717) is 31.2 Å². The zero-order valence-corrected chi connectivity index (χ0v) is 28.8. The number of aliphatic hydroxyl groups is 1. The number of rotatable bonds is 10. The molecule has 0 radical (unpaired) electrons. The van der Waals surface area contributed by atoms with Crippen LogP contribution in [-0.2, 0) is 21.3 Å². The second-order valence-corrected chi connectivity index (χ2v) is 14.0. The van der Waals surface area contributed by atoms with Gasteiger partial charge in [0.25, 0.3) is 15.9 Å². The largest absolute Gasteiger partial charge is 0.497 e. The number of hydrogen-bond donors (Lipinski definition) is 2. The Labute approximate surface area is 278 Å². The monoisotopic (exact) mass is 668 g/mol. The number of ether oxygens (including phenoxy) is 3. The van der Waals surface area contributed by atoms with Crippen molar-refractivity contribution in [2.45, 2.75) is 69.7 Å². The van der Waals surface area contributed by atoms with Crippen molar-refractivity contribution in [3.05, 3.63) is 78.1 Å². The predicted molar refractivity (Wildman–Crippen MR) is 181 cm³/mol. The van der Waals surface area contributed by atoms with E-state index < -0.39 is 16.1 Å². The van der Waals surface area contributed by atoms with Crippen LogP contribution in [0.3, 0.4) is 0 Å². The number of likely N-dealkylation sites (N-methyl/N-ethyl adjacent to an activating group) is 1. The minimum Gasteiger partial charge on any atom is -0.497 e. The number of anilines is 1. The molecule has 2 aromatic carbocycles.